The molecule has 0 amide bonds. The van der Waals surface area contributed by atoms with Crippen molar-refractivity contribution in [1.82, 2.24) is 23.7 Å². The number of hydrogen-bond acceptors (Lipinski definition) is 6. The number of pyridine rings is 1. The van der Waals surface area contributed by atoms with Crippen molar-refractivity contribution >= 4 is 27.8 Å². The minimum absolute atomic E-state index is 0.135. The molecule has 11 heteroatoms. The number of rotatable bonds is 5. The number of halogens is 2. The van der Waals surface area contributed by atoms with Gasteiger partial charge in [0.15, 0.2) is 0 Å². The second kappa shape index (κ2) is 9.38. The Morgan fingerprint density at radius 1 is 1.05 bits per heavy atom. The van der Waals surface area contributed by atoms with Gasteiger partial charge in [-0.15, -0.1) is 0 Å². The third kappa shape index (κ3) is 4.34. The van der Waals surface area contributed by atoms with Crippen LogP contribution < -0.4 is 15.3 Å². The number of fused-ring (bicyclic) bond motifs is 2. The Morgan fingerprint density at radius 3 is 2.38 bits per heavy atom. The molecule has 0 aliphatic carbocycles. The van der Waals surface area contributed by atoms with Gasteiger partial charge < -0.3 is 14.7 Å². The predicted octanol–water partition coefficient (Wildman–Crippen LogP) is 5.09. The highest BCUT2D eigenvalue weighted by Crippen LogP contribution is 2.40. The number of benzene rings is 2. The summed E-state index contributed by atoms with van der Waals surface area (Å²) in [5, 5.41) is 10.5. The molecule has 1 saturated heterocycles. The predicted molar refractivity (Wildman–Crippen MR) is 159 cm³/mol. The summed E-state index contributed by atoms with van der Waals surface area (Å²) in [6.07, 6.45) is -1.22. The molecular weight excluding hydrogens is 542 g/mol. The maximum Gasteiger partial charge on any atom is 0.328 e. The first-order valence-electron chi connectivity index (χ1n) is 13.7. The largest absolute Gasteiger partial charge is 0.481 e. The van der Waals surface area contributed by atoms with E-state index in [1.165, 1.54) is 19.4 Å². The van der Waals surface area contributed by atoms with Crippen LogP contribution in [-0.2, 0) is 19.5 Å². The Bertz CT molecular complexity index is 1920. The van der Waals surface area contributed by atoms with Crippen molar-refractivity contribution in [3.05, 3.63) is 64.5 Å². The molecule has 6 rings (SSSR count). The number of hydrogen-bond donors (Lipinski definition) is 1. The van der Waals surface area contributed by atoms with Gasteiger partial charge in [-0.1, -0.05) is 20.8 Å². The number of aryl methyl sites for hydroxylation is 2. The summed E-state index contributed by atoms with van der Waals surface area (Å²) in [6.45, 7) is 8.66. The molecular formula is C31H34F2N6O3. The topological polar surface area (TPSA) is 90.3 Å². The molecule has 4 heterocycles. The van der Waals surface area contributed by atoms with Gasteiger partial charge in [-0.3, -0.25) is 13.7 Å². The van der Waals surface area contributed by atoms with Crippen LogP contribution in [0, 0.1) is 0 Å². The molecule has 0 radical (unpaired) electrons. The molecule has 1 aliphatic heterocycles. The summed E-state index contributed by atoms with van der Waals surface area (Å²) < 4.78 is 39.6. The third-order valence-electron chi connectivity index (χ3n) is 7.97. The molecule has 0 atom stereocenters. The van der Waals surface area contributed by atoms with Gasteiger partial charge in [0.05, 0.1) is 46.2 Å². The van der Waals surface area contributed by atoms with Gasteiger partial charge in [0.25, 0.3) is 6.43 Å². The first-order valence-corrected chi connectivity index (χ1v) is 13.7. The SMILES string of the molecule is COc1cc(-c2cc3nc(C(C)(C)C)n(-c4cc(N5CC(C)(O)C5)c5c(c4)n(C)c(=O)n5C)c3cc2C(F)F)ccn1. The molecule has 1 N–H and O–H groups in total. The zero-order valence-electron chi connectivity index (χ0n) is 24.7. The smallest absolute Gasteiger partial charge is 0.328 e. The molecule has 0 unspecified atom stereocenters. The fourth-order valence-electron chi connectivity index (χ4n) is 5.95. The number of anilines is 1. The highest BCUT2D eigenvalue weighted by molar-refractivity contribution is 5.94. The Hall–Kier alpha value is -4.25. The van der Waals surface area contributed by atoms with Crippen molar-refractivity contribution in [3.8, 4) is 22.7 Å². The molecule has 9 nitrogen and oxygen atoms in total. The van der Waals surface area contributed by atoms with Crippen molar-refractivity contribution in [2.24, 2.45) is 14.1 Å². The normalized spacial score (nSPS) is 15.2. The van der Waals surface area contributed by atoms with Crippen molar-refractivity contribution in [2.45, 2.75) is 45.1 Å². The van der Waals surface area contributed by atoms with E-state index >= 15 is 0 Å². The average Bonchev–Trinajstić information content (AvgIpc) is 3.41. The first-order chi connectivity index (χ1) is 19.7. The number of aliphatic hydroxyl groups is 1. The second-order valence-corrected chi connectivity index (χ2v) is 12.4. The van der Waals surface area contributed by atoms with Crippen LogP contribution in [-0.4, -0.2) is 54.6 Å². The first kappa shape index (κ1) is 27.9. The van der Waals surface area contributed by atoms with E-state index < -0.39 is 17.4 Å². The Balaban J connectivity index is 1.67. The Morgan fingerprint density at radius 2 is 1.76 bits per heavy atom. The van der Waals surface area contributed by atoms with E-state index in [9.17, 15) is 18.7 Å². The zero-order chi connectivity index (χ0) is 30.3. The number of imidazole rings is 2. The molecule has 2 aromatic carbocycles. The summed E-state index contributed by atoms with van der Waals surface area (Å²) in [5.41, 5.74) is 3.29. The number of β-amino-alcohol motifs (C(OH)–C–C–N with tert-alkyl or cyclic N) is 1. The lowest BCUT2D eigenvalue weighted by molar-refractivity contribution is 0.0312. The number of aromatic nitrogens is 5. The van der Waals surface area contributed by atoms with Crippen LogP contribution in [0.25, 0.3) is 38.9 Å². The van der Waals surface area contributed by atoms with Crippen LogP contribution in [0.5, 0.6) is 5.88 Å². The van der Waals surface area contributed by atoms with Crippen LogP contribution in [0.4, 0.5) is 14.5 Å². The van der Waals surface area contributed by atoms with Crippen LogP contribution in [0.1, 0.15) is 45.5 Å². The van der Waals surface area contributed by atoms with E-state index in [1.54, 1.807) is 48.4 Å². The molecule has 1 fully saturated rings. The lowest BCUT2D eigenvalue weighted by Gasteiger charge is -2.46. The molecule has 220 valence electrons. The Labute approximate surface area is 241 Å². The van der Waals surface area contributed by atoms with E-state index in [0.717, 1.165) is 11.2 Å². The van der Waals surface area contributed by atoms with E-state index in [0.29, 0.717) is 58.2 Å². The maximum absolute atomic E-state index is 14.7. The van der Waals surface area contributed by atoms with Crippen molar-refractivity contribution in [3.63, 3.8) is 0 Å². The van der Waals surface area contributed by atoms with Gasteiger partial charge in [0, 0.05) is 50.4 Å². The summed E-state index contributed by atoms with van der Waals surface area (Å²) in [5.74, 6) is 1.01. The van der Waals surface area contributed by atoms with Crippen molar-refractivity contribution in [1.29, 1.82) is 0 Å². The average molecular weight is 577 g/mol. The summed E-state index contributed by atoms with van der Waals surface area (Å²) in [7, 11) is 4.92. The lowest BCUT2D eigenvalue weighted by atomic mass is 9.94. The number of ether oxygens (including phenoxy) is 1. The van der Waals surface area contributed by atoms with Gasteiger partial charge in [0.2, 0.25) is 5.88 Å². The van der Waals surface area contributed by atoms with Crippen molar-refractivity contribution < 1.29 is 18.6 Å². The van der Waals surface area contributed by atoms with E-state index in [2.05, 4.69) is 4.98 Å². The molecule has 1 aliphatic rings. The molecule has 5 aromatic rings. The standard InChI is InChI=1S/C31H34F2N6O3/c1-30(2,3)28-35-21-13-19(17-8-9-34-25(10-17)42-7)20(27(32)33)14-22(21)39(28)18-11-23-26(37(6)29(40)36(23)5)24(12-18)38-15-31(4,41)16-38/h8-14,27,41H,15-16H2,1-7H3. The maximum atomic E-state index is 14.7. The minimum Gasteiger partial charge on any atom is -0.481 e. The number of alkyl halides is 2. The fraction of sp³-hybridized carbons (Fsp3) is 0.387. The molecule has 0 spiro atoms. The molecule has 42 heavy (non-hydrogen) atoms. The van der Waals surface area contributed by atoms with E-state index in [1.807, 2.05) is 42.4 Å². The van der Waals surface area contributed by atoms with Crippen LogP contribution in [0.3, 0.4) is 0 Å². The summed E-state index contributed by atoms with van der Waals surface area (Å²) in [6, 6.07) is 10.4. The molecule has 3 aromatic heterocycles. The van der Waals surface area contributed by atoms with Crippen LogP contribution >= 0.6 is 0 Å². The third-order valence-corrected chi connectivity index (χ3v) is 7.97. The fourth-order valence-corrected chi connectivity index (χ4v) is 5.95. The minimum atomic E-state index is -2.75. The number of methoxy groups -OCH3 is 1. The summed E-state index contributed by atoms with van der Waals surface area (Å²) in [4.78, 5) is 24.1. The zero-order valence-corrected chi connectivity index (χ0v) is 24.7. The second-order valence-electron chi connectivity index (χ2n) is 12.4. The highest BCUT2D eigenvalue weighted by Gasteiger charge is 2.38. The lowest BCUT2D eigenvalue weighted by Crippen LogP contribution is -2.60. The Kier molecular flexibility index (Phi) is 6.23. The number of nitrogens with zero attached hydrogens (tertiary/aromatic N) is 6. The van der Waals surface area contributed by atoms with Gasteiger partial charge in [-0.05, 0) is 48.4 Å². The van der Waals surface area contributed by atoms with E-state index in [4.69, 9.17) is 9.72 Å². The van der Waals surface area contributed by atoms with Crippen LogP contribution in [0.2, 0.25) is 0 Å². The molecule has 0 bridgehead atoms. The quantitative estimate of drug-likeness (QED) is 0.314. The summed E-state index contributed by atoms with van der Waals surface area (Å²) >= 11 is 0. The van der Waals surface area contributed by atoms with Gasteiger partial charge in [-0.2, -0.15) is 0 Å². The monoisotopic (exact) mass is 576 g/mol. The highest BCUT2D eigenvalue weighted by atomic mass is 19.3. The van der Waals surface area contributed by atoms with Gasteiger partial charge in [0.1, 0.15) is 5.82 Å². The van der Waals surface area contributed by atoms with Gasteiger partial charge in [-0.25, -0.2) is 23.5 Å². The van der Waals surface area contributed by atoms with Gasteiger partial charge >= 0.3 is 5.69 Å². The van der Waals surface area contributed by atoms with E-state index in [-0.39, 0.29) is 11.3 Å². The van der Waals surface area contributed by atoms with Crippen molar-refractivity contribution in [2.75, 3.05) is 25.1 Å². The molecule has 0 saturated carbocycles. The van der Waals surface area contributed by atoms with Crippen LogP contribution in [0.15, 0.2) is 47.4 Å².